The topological polar surface area (TPSA) is 133 Å². The number of halogens is 1. The lowest BCUT2D eigenvalue weighted by atomic mass is 9.92. The highest BCUT2D eigenvalue weighted by molar-refractivity contribution is 8.00. The summed E-state index contributed by atoms with van der Waals surface area (Å²) in [5, 5.41) is 42.0. The van der Waals surface area contributed by atoms with Crippen LogP contribution in [-0.2, 0) is 43.8 Å². The standard InChI is InChI=1S/C22H23FN4OS.C21H25N5OS/c1-21(14-28)12-19-25-26-20(27(19)9-10-29-21)22(6-7-22)16-4-5-17(18(23)11-16)15-3-2-8-24-13-15;1-20(14-27)11-18-23-24-19(26(18)9-10-28-20)21(7-8-21)17-5-3-15(4-6-17)16-12-22-25(2)13-16/h2-5,8,11,13,28H,6-7,9-10,12,14H2,1H3;3-6,12-13,27H,7-11,14H2,1-2H3. The van der Waals surface area contributed by atoms with Crippen LogP contribution in [0.5, 0.6) is 0 Å². The largest absolute Gasteiger partial charge is 0.395 e. The minimum Gasteiger partial charge on any atom is -0.395 e. The third-order valence-corrected chi connectivity index (χ3v) is 15.0. The molecule has 57 heavy (non-hydrogen) atoms. The monoisotopic (exact) mass is 805 g/mol. The van der Waals surface area contributed by atoms with E-state index in [0.717, 1.165) is 96.7 Å². The summed E-state index contributed by atoms with van der Waals surface area (Å²) in [5.41, 5.74) is 5.66. The van der Waals surface area contributed by atoms with E-state index in [-0.39, 0.29) is 39.4 Å². The van der Waals surface area contributed by atoms with Crippen molar-refractivity contribution in [1.82, 2.24) is 44.3 Å². The number of aliphatic hydroxyl groups excluding tert-OH is 2. The van der Waals surface area contributed by atoms with Crippen molar-refractivity contribution in [2.45, 2.75) is 85.8 Å². The second-order valence-corrected chi connectivity index (χ2v) is 19.9. The minimum absolute atomic E-state index is 0.0106. The molecule has 2 unspecified atom stereocenters. The van der Waals surface area contributed by atoms with Crippen LogP contribution in [-0.4, -0.2) is 88.7 Å². The van der Waals surface area contributed by atoms with Crippen LogP contribution in [0.4, 0.5) is 4.39 Å². The predicted molar refractivity (Wildman–Crippen MR) is 222 cm³/mol. The van der Waals surface area contributed by atoms with Crippen LogP contribution in [0, 0.1) is 5.82 Å². The van der Waals surface area contributed by atoms with E-state index >= 15 is 0 Å². The zero-order chi connectivity index (χ0) is 39.4. The second kappa shape index (κ2) is 14.8. The molecule has 10 rings (SSSR count). The SMILES string of the molecule is CC1(CO)Cc2nnc(C3(c4ccc(-c5cccnc5)c(F)c4)CC3)n2CCS1.Cn1cc(-c2ccc(C3(c4nnc5n4CCSC(C)(CO)C5)CC3)cc2)cn1. The van der Waals surface area contributed by atoms with E-state index in [1.165, 1.54) is 11.1 Å². The maximum absolute atomic E-state index is 15.0. The summed E-state index contributed by atoms with van der Waals surface area (Å²) >= 11 is 3.62. The number of fused-ring (bicyclic) bond motifs is 2. The Bertz CT molecular complexity index is 2390. The lowest BCUT2D eigenvalue weighted by Crippen LogP contribution is -2.28. The van der Waals surface area contributed by atoms with Crippen LogP contribution >= 0.6 is 23.5 Å². The lowest BCUT2D eigenvalue weighted by Gasteiger charge is -2.23. The Morgan fingerprint density at radius 3 is 1.77 bits per heavy atom. The normalized spacial score (nSPS) is 23.0. The first kappa shape index (κ1) is 38.2. The molecule has 4 aliphatic rings. The highest BCUT2D eigenvalue weighted by atomic mass is 32.2. The van der Waals surface area contributed by atoms with Crippen LogP contribution in [0.15, 0.2) is 79.4 Å². The zero-order valence-corrected chi connectivity index (χ0v) is 34.2. The van der Waals surface area contributed by atoms with Crippen molar-refractivity contribution in [3.63, 3.8) is 0 Å². The van der Waals surface area contributed by atoms with Crippen molar-refractivity contribution in [3.05, 3.63) is 120 Å². The van der Waals surface area contributed by atoms with Gasteiger partial charge in [-0.2, -0.15) is 28.6 Å². The number of rotatable bonds is 8. The van der Waals surface area contributed by atoms with Crippen molar-refractivity contribution in [2.75, 3.05) is 24.7 Å². The van der Waals surface area contributed by atoms with Gasteiger partial charge in [0.25, 0.3) is 0 Å². The Balaban J connectivity index is 0.000000148. The fraction of sp³-hybridized carbons (Fsp3) is 0.442. The molecule has 11 nitrogen and oxygen atoms in total. The molecule has 4 aromatic heterocycles. The van der Waals surface area contributed by atoms with Gasteiger partial charge in [-0.25, -0.2) is 4.39 Å². The number of aliphatic hydroxyl groups is 2. The number of pyridine rings is 1. The van der Waals surface area contributed by atoms with Gasteiger partial charge in [-0.3, -0.25) is 9.67 Å². The van der Waals surface area contributed by atoms with Crippen LogP contribution in [0.25, 0.3) is 22.3 Å². The number of nitrogens with zero attached hydrogens (tertiary/aromatic N) is 9. The number of aryl methyl sites for hydroxylation is 1. The van der Waals surface area contributed by atoms with Crippen molar-refractivity contribution in [3.8, 4) is 22.3 Å². The Hall–Kier alpha value is -4.37. The van der Waals surface area contributed by atoms with E-state index in [1.54, 1.807) is 30.2 Å². The highest BCUT2D eigenvalue weighted by Gasteiger charge is 2.52. The molecule has 2 aromatic carbocycles. The fourth-order valence-corrected chi connectivity index (χ4v) is 10.7. The van der Waals surface area contributed by atoms with Crippen LogP contribution in [0.1, 0.15) is 74.0 Å². The van der Waals surface area contributed by atoms with Gasteiger partial charge in [-0.05, 0) is 68.4 Å². The Morgan fingerprint density at radius 1 is 0.702 bits per heavy atom. The average Bonchev–Trinajstić information content (AvgIpc) is 4.12. The molecule has 2 atom stereocenters. The zero-order valence-electron chi connectivity index (χ0n) is 32.6. The lowest BCUT2D eigenvalue weighted by molar-refractivity contribution is 0.254. The van der Waals surface area contributed by atoms with Crippen molar-refractivity contribution < 1.29 is 14.6 Å². The van der Waals surface area contributed by atoms with Crippen LogP contribution < -0.4 is 0 Å². The summed E-state index contributed by atoms with van der Waals surface area (Å²) in [4.78, 5) is 4.09. The molecule has 2 N–H and O–H groups in total. The molecule has 2 aliphatic carbocycles. The maximum Gasteiger partial charge on any atom is 0.143 e. The summed E-state index contributed by atoms with van der Waals surface area (Å²) in [6.45, 7) is 6.20. The smallest absolute Gasteiger partial charge is 0.143 e. The molecular weight excluding hydrogens is 758 g/mol. The molecule has 0 saturated heterocycles. The maximum atomic E-state index is 15.0. The van der Waals surface area contributed by atoms with Gasteiger partial charge in [0.05, 0.1) is 30.2 Å². The molecule has 2 saturated carbocycles. The van der Waals surface area contributed by atoms with Crippen molar-refractivity contribution in [2.24, 2.45) is 7.05 Å². The third-order valence-electron chi connectivity index (χ3n) is 12.2. The minimum atomic E-state index is -0.260. The number of thioether (sulfide) groups is 2. The number of hydrogen-bond donors (Lipinski definition) is 2. The Morgan fingerprint density at radius 2 is 1.28 bits per heavy atom. The molecule has 0 radical (unpaired) electrons. The van der Waals surface area contributed by atoms with E-state index in [9.17, 15) is 14.6 Å². The van der Waals surface area contributed by atoms with Gasteiger partial charge in [0.1, 0.15) is 29.1 Å². The van der Waals surface area contributed by atoms with Gasteiger partial charge in [0.15, 0.2) is 0 Å². The van der Waals surface area contributed by atoms with Gasteiger partial charge >= 0.3 is 0 Å². The molecule has 0 amide bonds. The van der Waals surface area contributed by atoms with Crippen LogP contribution in [0.3, 0.4) is 0 Å². The summed E-state index contributed by atoms with van der Waals surface area (Å²) in [6.07, 6.45) is 12.9. The van der Waals surface area contributed by atoms with Gasteiger partial charge in [-0.1, -0.05) is 42.5 Å². The van der Waals surface area contributed by atoms with Crippen LogP contribution in [0.2, 0.25) is 0 Å². The van der Waals surface area contributed by atoms with Gasteiger partial charge in [-0.15, -0.1) is 20.4 Å². The second-order valence-electron chi connectivity index (χ2n) is 16.5. The highest BCUT2D eigenvalue weighted by Crippen LogP contribution is 2.55. The number of hydrogen-bond acceptors (Lipinski definition) is 10. The van der Waals surface area contributed by atoms with Crippen molar-refractivity contribution >= 4 is 23.5 Å². The van der Waals surface area contributed by atoms with Crippen molar-refractivity contribution in [1.29, 1.82) is 0 Å². The molecular formula is C43H48FN9O2S2. The first-order chi connectivity index (χ1) is 27.6. The van der Waals surface area contributed by atoms with E-state index in [2.05, 4.69) is 77.7 Å². The molecule has 6 aromatic rings. The average molecular weight is 806 g/mol. The molecule has 2 fully saturated rings. The fourth-order valence-electron chi connectivity index (χ4n) is 8.50. The summed E-state index contributed by atoms with van der Waals surface area (Å²) in [7, 11) is 1.94. The van der Waals surface area contributed by atoms with E-state index in [4.69, 9.17) is 0 Å². The van der Waals surface area contributed by atoms with E-state index < -0.39 is 0 Å². The molecule has 6 heterocycles. The molecule has 2 aliphatic heterocycles. The number of aromatic nitrogens is 9. The molecule has 14 heteroatoms. The quantitative estimate of drug-likeness (QED) is 0.178. The summed E-state index contributed by atoms with van der Waals surface area (Å²) < 4.78 is 20.9. The summed E-state index contributed by atoms with van der Waals surface area (Å²) in [5.74, 6) is 5.60. The van der Waals surface area contributed by atoms with Gasteiger partial charge in [0, 0.05) is 89.3 Å². The predicted octanol–water partition coefficient (Wildman–Crippen LogP) is 6.40. The molecule has 0 bridgehead atoms. The molecule has 296 valence electrons. The molecule has 0 spiro atoms. The first-order valence-corrected chi connectivity index (χ1v) is 21.7. The third kappa shape index (κ3) is 7.12. The van der Waals surface area contributed by atoms with E-state index in [0.29, 0.717) is 12.0 Å². The number of benzene rings is 2. The van der Waals surface area contributed by atoms with Gasteiger partial charge in [0.2, 0.25) is 0 Å². The first-order valence-electron chi connectivity index (χ1n) is 19.7. The van der Waals surface area contributed by atoms with Gasteiger partial charge < -0.3 is 19.3 Å². The summed E-state index contributed by atoms with van der Waals surface area (Å²) in [6, 6.07) is 18.0. The van der Waals surface area contributed by atoms with E-state index in [1.807, 2.05) is 60.2 Å². The Labute approximate surface area is 340 Å². The Kier molecular flexibility index (Phi) is 9.90.